The van der Waals surface area contributed by atoms with Gasteiger partial charge in [0.15, 0.2) is 0 Å². The summed E-state index contributed by atoms with van der Waals surface area (Å²) < 4.78 is 0. The van der Waals surface area contributed by atoms with E-state index in [4.69, 9.17) is 0 Å². The third kappa shape index (κ3) is 5.16. The molecule has 6 heteroatoms. The molecule has 148 valence electrons. The van der Waals surface area contributed by atoms with E-state index < -0.39 is 6.04 Å². The van der Waals surface area contributed by atoms with Crippen molar-refractivity contribution in [3.63, 3.8) is 0 Å². The fourth-order valence-electron chi connectivity index (χ4n) is 3.69. The van der Waals surface area contributed by atoms with Crippen molar-refractivity contribution >= 4 is 11.8 Å². The molecule has 2 N–H and O–H groups in total. The number of pyridine rings is 1. The highest BCUT2D eigenvalue weighted by molar-refractivity contribution is 5.88. The van der Waals surface area contributed by atoms with Crippen molar-refractivity contribution in [3.05, 3.63) is 66.0 Å². The van der Waals surface area contributed by atoms with E-state index in [0.29, 0.717) is 19.4 Å². The van der Waals surface area contributed by atoms with Crippen LogP contribution >= 0.6 is 0 Å². The van der Waals surface area contributed by atoms with Gasteiger partial charge in [-0.3, -0.25) is 14.6 Å². The minimum absolute atomic E-state index is 0.0247. The molecular weight excluding hydrogens is 352 g/mol. The summed E-state index contributed by atoms with van der Waals surface area (Å²) in [6, 6.07) is 15.1. The summed E-state index contributed by atoms with van der Waals surface area (Å²) in [5.74, 6) is -0.114. The van der Waals surface area contributed by atoms with E-state index in [2.05, 4.69) is 15.6 Å². The number of likely N-dealkylation sites (tertiary alicyclic amines) is 1. The van der Waals surface area contributed by atoms with Crippen LogP contribution in [0.1, 0.15) is 36.6 Å². The molecule has 1 aromatic carbocycles. The maximum Gasteiger partial charge on any atom is 0.243 e. The van der Waals surface area contributed by atoms with Gasteiger partial charge < -0.3 is 15.5 Å². The molecule has 0 spiro atoms. The van der Waals surface area contributed by atoms with E-state index in [9.17, 15) is 9.59 Å². The van der Waals surface area contributed by atoms with Gasteiger partial charge in [-0.15, -0.1) is 0 Å². The van der Waals surface area contributed by atoms with Crippen molar-refractivity contribution in [1.29, 1.82) is 0 Å². The highest BCUT2D eigenvalue weighted by atomic mass is 16.2. The van der Waals surface area contributed by atoms with Crippen molar-refractivity contribution in [1.82, 2.24) is 20.5 Å². The van der Waals surface area contributed by atoms with Crippen LogP contribution in [0.5, 0.6) is 0 Å². The maximum absolute atomic E-state index is 13.1. The van der Waals surface area contributed by atoms with Crippen molar-refractivity contribution in [2.45, 2.75) is 37.8 Å². The molecule has 2 heterocycles. The molecule has 2 amide bonds. The molecule has 3 rings (SSSR count). The fourth-order valence-corrected chi connectivity index (χ4v) is 3.69. The number of nitrogens with zero attached hydrogens (tertiary/aromatic N) is 2. The molecule has 0 radical (unpaired) electrons. The number of hydrogen-bond donors (Lipinski definition) is 2. The van der Waals surface area contributed by atoms with Gasteiger partial charge in [-0.25, -0.2) is 0 Å². The van der Waals surface area contributed by atoms with Crippen LogP contribution in [0.2, 0.25) is 0 Å². The monoisotopic (exact) mass is 380 g/mol. The van der Waals surface area contributed by atoms with Crippen LogP contribution in [0.4, 0.5) is 0 Å². The minimum atomic E-state index is -0.412. The Balaban J connectivity index is 1.77. The van der Waals surface area contributed by atoms with E-state index in [1.54, 1.807) is 18.1 Å². The Bertz CT molecular complexity index is 767. The third-order valence-corrected chi connectivity index (χ3v) is 5.11. The number of amides is 2. The van der Waals surface area contributed by atoms with Crippen LogP contribution < -0.4 is 10.6 Å². The molecule has 0 saturated carbocycles. The normalized spacial score (nSPS) is 17.8. The van der Waals surface area contributed by atoms with E-state index >= 15 is 0 Å². The lowest BCUT2D eigenvalue weighted by atomic mass is 9.98. The second-order valence-corrected chi connectivity index (χ2v) is 7.13. The largest absolute Gasteiger partial charge is 0.347 e. The van der Waals surface area contributed by atoms with Crippen molar-refractivity contribution in [2.75, 3.05) is 20.1 Å². The van der Waals surface area contributed by atoms with Crippen molar-refractivity contribution in [2.24, 2.45) is 0 Å². The van der Waals surface area contributed by atoms with Crippen molar-refractivity contribution < 1.29 is 9.59 Å². The first-order valence-electron chi connectivity index (χ1n) is 9.88. The lowest BCUT2D eigenvalue weighted by molar-refractivity contribution is -0.141. The SMILES string of the molecule is CNCC(=O)N1CCCC[C@@H]1C(=O)NC(Cc1ccccn1)c1ccccc1. The summed E-state index contributed by atoms with van der Waals surface area (Å²) in [5.41, 5.74) is 1.95. The van der Waals surface area contributed by atoms with Gasteiger partial charge in [-0.05, 0) is 44.0 Å². The molecule has 1 saturated heterocycles. The summed E-state index contributed by atoms with van der Waals surface area (Å²) in [7, 11) is 1.75. The zero-order valence-corrected chi connectivity index (χ0v) is 16.3. The van der Waals surface area contributed by atoms with Gasteiger partial charge in [-0.2, -0.15) is 0 Å². The second kappa shape index (κ2) is 9.99. The highest BCUT2D eigenvalue weighted by Crippen LogP contribution is 2.21. The lowest BCUT2D eigenvalue weighted by Crippen LogP contribution is -2.54. The van der Waals surface area contributed by atoms with Crippen LogP contribution in [-0.4, -0.2) is 47.9 Å². The van der Waals surface area contributed by atoms with Crippen LogP contribution in [-0.2, 0) is 16.0 Å². The quantitative estimate of drug-likeness (QED) is 0.771. The molecule has 0 aliphatic carbocycles. The molecule has 1 unspecified atom stereocenters. The topological polar surface area (TPSA) is 74.3 Å². The van der Waals surface area contributed by atoms with E-state index in [1.165, 1.54) is 0 Å². The molecule has 2 atom stereocenters. The Morgan fingerprint density at radius 3 is 2.64 bits per heavy atom. The summed E-state index contributed by atoms with van der Waals surface area (Å²) in [4.78, 5) is 31.7. The van der Waals surface area contributed by atoms with Gasteiger partial charge in [0, 0.05) is 24.9 Å². The van der Waals surface area contributed by atoms with Crippen LogP contribution in [0.25, 0.3) is 0 Å². The number of benzene rings is 1. The van der Waals surface area contributed by atoms with Crippen molar-refractivity contribution in [3.8, 4) is 0 Å². The maximum atomic E-state index is 13.1. The molecule has 6 nitrogen and oxygen atoms in total. The van der Waals surface area contributed by atoms with Gasteiger partial charge >= 0.3 is 0 Å². The third-order valence-electron chi connectivity index (χ3n) is 5.11. The number of rotatable bonds is 7. The molecule has 28 heavy (non-hydrogen) atoms. The van der Waals surface area contributed by atoms with Crippen LogP contribution in [0, 0.1) is 0 Å². The van der Waals surface area contributed by atoms with E-state index in [-0.39, 0.29) is 24.4 Å². The molecule has 2 aromatic rings. The molecule has 1 aromatic heterocycles. The number of likely N-dealkylation sites (N-methyl/N-ethyl adjacent to an activating group) is 1. The molecule has 1 fully saturated rings. The van der Waals surface area contributed by atoms with E-state index in [0.717, 1.165) is 24.1 Å². The Hall–Kier alpha value is -2.73. The first kappa shape index (κ1) is 20.0. The number of carbonyl (C=O) groups is 2. The van der Waals surface area contributed by atoms with Gasteiger partial charge in [0.05, 0.1) is 12.6 Å². The summed E-state index contributed by atoms with van der Waals surface area (Å²) in [5, 5.41) is 6.08. The van der Waals surface area contributed by atoms with Crippen LogP contribution in [0.3, 0.4) is 0 Å². The van der Waals surface area contributed by atoms with Gasteiger partial charge in [0.2, 0.25) is 11.8 Å². The minimum Gasteiger partial charge on any atom is -0.347 e. The fraction of sp³-hybridized carbons (Fsp3) is 0.409. The zero-order chi connectivity index (χ0) is 19.8. The summed E-state index contributed by atoms with van der Waals surface area (Å²) in [6.07, 6.45) is 4.96. The summed E-state index contributed by atoms with van der Waals surface area (Å²) in [6.45, 7) is 0.884. The average molecular weight is 380 g/mol. The first-order valence-corrected chi connectivity index (χ1v) is 9.88. The predicted molar refractivity (Wildman–Crippen MR) is 109 cm³/mol. The standard InChI is InChI=1S/C22H28N4O2/c1-23-16-21(27)26-14-8-6-12-20(26)22(28)25-19(17-9-3-2-4-10-17)15-18-11-5-7-13-24-18/h2-5,7,9-11,13,19-20,23H,6,8,12,14-16H2,1H3,(H,25,28)/t19?,20-/m1/s1. The zero-order valence-electron chi connectivity index (χ0n) is 16.3. The Kier molecular flexibility index (Phi) is 7.14. The number of hydrogen-bond acceptors (Lipinski definition) is 4. The van der Waals surface area contributed by atoms with Gasteiger partial charge in [0.1, 0.15) is 6.04 Å². The number of aromatic nitrogens is 1. The predicted octanol–water partition coefficient (Wildman–Crippen LogP) is 2.08. The molecule has 0 bridgehead atoms. The van der Waals surface area contributed by atoms with Gasteiger partial charge in [-0.1, -0.05) is 36.4 Å². The molecular formula is C22H28N4O2. The Morgan fingerprint density at radius 2 is 1.93 bits per heavy atom. The number of nitrogens with one attached hydrogen (secondary N) is 2. The van der Waals surface area contributed by atoms with Crippen LogP contribution in [0.15, 0.2) is 54.7 Å². The lowest BCUT2D eigenvalue weighted by Gasteiger charge is -2.35. The van der Waals surface area contributed by atoms with E-state index in [1.807, 2.05) is 48.5 Å². The molecule has 1 aliphatic heterocycles. The number of carbonyl (C=O) groups excluding carboxylic acids is 2. The highest BCUT2D eigenvalue weighted by Gasteiger charge is 2.32. The van der Waals surface area contributed by atoms with Gasteiger partial charge in [0.25, 0.3) is 0 Å². The molecule has 1 aliphatic rings. The summed E-state index contributed by atoms with van der Waals surface area (Å²) >= 11 is 0. The first-order chi connectivity index (χ1) is 13.7. The number of piperidine rings is 1. The smallest absolute Gasteiger partial charge is 0.243 e. The second-order valence-electron chi connectivity index (χ2n) is 7.13. The Morgan fingerprint density at radius 1 is 1.14 bits per heavy atom. The average Bonchev–Trinajstić information content (AvgIpc) is 2.75. The Labute approximate surface area is 166 Å².